The first kappa shape index (κ1) is 10.0. The predicted octanol–water partition coefficient (Wildman–Crippen LogP) is 3.38. The number of hydrogen-bond acceptors (Lipinski definition) is 2. The highest BCUT2D eigenvalue weighted by Crippen LogP contribution is 2.40. The van der Waals surface area contributed by atoms with Crippen LogP contribution in [0.1, 0.15) is 49.9 Å². The first-order chi connectivity index (χ1) is 6.59. The van der Waals surface area contributed by atoms with Crippen molar-refractivity contribution in [3.63, 3.8) is 0 Å². The third kappa shape index (κ3) is 1.80. The van der Waals surface area contributed by atoms with Crippen LogP contribution in [0, 0.1) is 5.95 Å². The average molecular weight is 259 g/mol. The summed E-state index contributed by atoms with van der Waals surface area (Å²) in [5.74, 6) is 0.173. The number of hydrogen-bond donors (Lipinski definition) is 0. The van der Waals surface area contributed by atoms with E-state index in [-0.39, 0.29) is 5.92 Å². The minimum Gasteiger partial charge on any atom is -0.250 e. The predicted molar refractivity (Wildman–Crippen MR) is 55.8 cm³/mol. The summed E-state index contributed by atoms with van der Waals surface area (Å²) >= 11 is 3.24. The summed E-state index contributed by atoms with van der Waals surface area (Å²) in [6.45, 7) is 4.06. The smallest absolute Gasteiger partial charge is 0.235 e. The second-order valence-corrected chi connectivity index (χ2v) is 4.76. The van der Waals surface area contributed by atoms with Gasteiger partial charge in [-0.25, -0.2) is 9.97 Å². The quantitative estimate of drug-likeness (QED) is 0.813. The highest BCUT2D eigenvalue weighted by atomic mass is 79.9. The van der Waals surface area contributed by atoms with Crippen molar-refractivity contribution >= 4 is 15.9 Å². The molecule has 1 aromatic rings. The van der Waals surface area contributed by atoms with Crippen molar-refractivity contribution in [3.8, 4) is 0 Å². The van der Waals surface area contributed by atoms with Gasteiger partial charge in [-0.1, -0.05) is 13.8 Å². The Labute approximate surface area is 91.1 Å². The zero-order valence-corrected chi connectivity index (χ0v) is 9.81. The fourth-order valence-electron chi connectivity index (χ4n) is 1.41. The first-order valence-electron chi connectivity index (χ1n) is 4.82. The van der Waals surface area contributed by atoms with Crippen molar-refractivity contribution in [1.82, 2.24) is 9.97 Å². The van der Waals surface area contributed by atoms with Crippen molar-refractivity contribution in [2.24, 2.45) is 0 Å². The van der Waals surface area contributed by atoms with Gasteiger partial charge < -0.3 is 0 Å². The maximum Gasteiger partial charge on any atom is 0.235 e. The van der Waals surface area contributed by atoms with Gasteiger partial charge in [0.15, 0.2) is 0 Å². The molecule has 0 amide bonds. The van der Waals surface area contributed by atoms with Crippen LogP contribution < -0.4 is 0 Å². The van der Waals surface area contributed by atoms with Gasteiger partial charge in [-0.3, -0.25) is 0 Å². The van der Waals surface area contributed by atoms with Gasteiger partial charge in [0.05, 0.1) is 11.4 Å². The average Bonchev–Trinajstić information content (AvgIpc) is 2.86. The zero-order chi connectivity index (χ0) is 10.3. The second kappa shape index (κ2) is 3.57. The molecule has 76 valence electrons. The lowest BCUT2D eigenvalue weighted by atomic mass is 10.1. The third-order valence-corrected chi connectivity index (χ3v) is 2.95. The lowest BCUT2D eigenvalue weighted by Gasteiger charge is -2.09. The molecule has 0 aromatic carbocycles. The number of halogens is 2. The van der Waals surface area contributed by atoms with Gasteiger partial charge in [0.1, 0.15) is 4.60 Å². The van der Waals surface area contributed by atoms with Crippen LogP contribution >= 0.6 is 15.9 Å². The van der Waals surface area contributed by atoms with Crippen LogP contribution in [0.3, 0.4) is 0 Å². The van der Waals surface area contributed by atoms with Crippen LogP contribution in [0.25, 0.3) is 0 Å². The Bertz CT molecular complexity index is 338. The lowest BCUT2D eigenvalue weighted by Crippen LogP contribution is -2.04. The molecule has 14 heavy (non-hydrogen) atoms. The Morgan fingerprint density at radius 3 is 2.50 bits per heavy atom. The highest BCUT2D eigenvalue weighted by molar-refractivity contribution is 9.10. The maximum atomic E-state index is 13.4. The first-order valence-corrected chi connectivity index (χ1v) is 5.61. The SMILES string of the molecule is CC(C)c1nc(C2CC2)c(F)nc1Br. The van der Waals surface area contributed by atoms with E-state index < -0.39 is 5.95 Å². The van der Waals surface area contributed by atoms with Gasteiger partial charge in [0.2, 0.25) is 5.95 Å². The molecule has 1 fully saturated rings. The topological polar surface area (TPSA) is 25.8 Å². The van der Waals surface area contributed by atoms with Crippen molar-refractivity contribution in [1.29, 1.82) is 0 Å². The van der Waals surface area contributed by atoms with Crippen molar-refractivity contribution in [2.75, 3.05) is 0 Å². The molecule has 0 bridgehead atoms. The normalized spacial score (nSPS) is 16.4. The van der Waals surface area contributed by atoms with E-state index in [0.717, 1.165) is 18.5 Å². The van der Waals surface area contributed by atoms with Crippen LogP contribution in [0.5, 0.6) is 0 Å². The van der Waals surface area contributed by atoms with E-state index in [0.29, 0.717) is 16.2 Å². The standard InChI is InChI=1S/C10H12BrFN2/c1-5(2)7-9(11)14-10(12)8(13-7)6-3-4-6/h5-6H,3-4H2,1-2H3. The van der Waals surface area contributed by atoms with Crippen molar-refractivity contribution < 1.29 is 4.39 Å². The molecule has 1 aliphatic rings. The number of nitrogens with zero attached hydrogens (tertiary/aromatic N) is 2. The molecular formula is C10H12BrFN2. The molecule has 0 atom stereocenters. The van der Waals surface area contributed by atoms with Gasteiger partial charge in [-0.05, 0) is 34.7 Å². The van der Waals surface area contributed by atoms with Crippen molar-refractivity contribution in [3.05, 3.63) is 21.9 Å². The highest BCUT2D eigenvalue weighted by Gasteiger charge is 2.30. The van der Waals surface area contributed by atoms with Gasteiger partial charge in [0, 0.05) is 5.92 Å². The Kier molecular flexibility index (Phi) is 2.56. The summed E-state index contributed by atoms with van der Waals surface area (Å²) in [6, 6.07) is 0. The molecule has 0 spiro atoms. The molecule has 0 N–H and O–H groups in total. The summed E-state index contributed by atoms with van der Waals surface area (Å²) in [5.41, 5.74) is 1.41. The number of rotatable bonds is 2. The Hall–Kier alpha value is -0.510. The van der Waals surface area contributed by atoms with E-state index in [4.69, 9.17) is 0 Å². The van der Waals surface area contributed by atoms with Crippen LogP contribution in [0.2, 0.25) is 0 Å². The minimum atomic E-state index is -0.413. The molecule has 2 nitrogen and oxygen atoms in total. The third-order valence-electron chi connectivity index (χ3n) is 2.37. The van der Waals surface area contributed by atoms with Crippen LogP contribution in [-0.4, -0.2) is 9.97 Å². The van der Waals surface area contributed by atoms with Crippen LogP contribution in [-0.2, 0) is 0 Å². The van der Waals surface area contributed by atoms with Crippen LogP contribution in [0.4, 0.5) is 4.39 Å². The summed E-state index contributed by atoms with van der Waals surface area (Å²) in [6.07, 6.45) is 2.09. The molecule has 0 saturated heterocycles. The van der Waals surface area contributed by atoms with Gasteiger partial charge in [0.25, 0.3) is 0 Å². The molecule has 1 aromatic heterocycles. The fraction of sp³-hybridized carbons (Fsp3) is 0.600. The van der Waals surface area contributed by atoms with E-state index in [9.17, 15) is 4.39 Å². The molecular weight excluding hydrogens is 247 g/mol. The Morgan fingerprint density at radius 2 is 2.00 bits per heavy atom. The molecule has 1 heterocycles. The molecule has 2 rings (SSSR count). The van der Waals surface area contributed by atoms with Crippen LogP contribution in [0.15, 0.2) is 4.60 Å². The van der Waals surface area contributed by atoms with E-state index in [1.165, 1.54) is 0 Å². The minimum absolute atomic E-state index is 0.273. The van der Waals surface area contributed by atoms with E-state index in [1.54, 1.807) is 0 Å². The van der Waals surface area contributed by atoms with Gasteiger partial charge >= 0.3 is 0 Å². The molecule has 1 saturated carbocycles. The Balaban J connectivity index is 2.45. The number of aromatic nitrogens is 2. The van der Waals surface area contributed by atoms with E-state index >= 15 is 0 Å². The molecule has 1 aliphatic carbocycles. The van der Waals surface area contributed by atoms with Gasteiger partial charge in [-0.2, -0.15) is 4.39 Å². The van der Waals surface area contributed by atoms with Gasteiger partial charge in [-0.15, -0.1) is 0 Å². The summed E-state index contributed by atoms with van der Waals surface area (Å²) < 4.78 is 13.9. The summed E-state index contributed by atoms with van der Waals surface area (Å²) in [7, 11) is 0. The van der Waals surface area contributed by atoms with E-state index in [1.807, 2.05) is 13.8 Å². The largest absolute Gasteiger partial charge is 0.250 e. The van der Waals surface area contributed by atoms with E-state index in [2.05, 4.69) is 25.9 Å². The fourth-order valence-corrected chi connectivity index (χ4v) is 2.11. The summed E-state index contributed by atoms with van der Waals surface area (Å²) in [5, 5.41) is 0. The lowest BCUT2D eigenvalue weighted by molar-refractivity contribution is 0.545. The molecule has 0 unspecified atom stereocenters. The molecule has 0 aliphatic heterocycles. The monoisotopic (exact) mass is 258 g/mol. The molecule has 0 radical (unpaired) electrons. The molecule has 4 heteroatoms. The van der Waals surface area contributed by atoms with Crippen molar-refractivity contribution in [2.45, 2.75) is 38.5 Å². The second-order valence-electron chi connectivity index (χ2n) is 4.00. The summed E-state index contributed by atoms with van der Waals surface area (Å²) in [4.78, 5) is 8.19. The zero-order valence-electron chi connectivity index (χ0n) is 8.22. The maximum absolute atomic E-state index is 13.4. The Morgan fingerprint density at radius 1 is 1.36 bits per heavy atom.